The number of benzene rings is 3. The summed E-state index contributed by atoms with van der Waals surface area (Å²) < 4.78 is 20.3. The third-order valence-electron chi connectivity index (χ3n) is 6.04. The van der Waals surface area contributed by atoms with Crippen LogP contribution >= 0.6 is 0 Å². The Labute approximate surface area is 208 Å². The van der Waals surface area contributed by atoms with Gasteiger partial charge >= 0.3 is 0 Å². The lowest BCUT2D eigenvalue weighted by Crippen LogP contribution is -2.46. The molecule has 8 nitrogen and oxygen atoms in total. The normalized spacial score (nSPS) is 11.9. The van der Waals surface area contributed by atoms with Crippen LogP contribution in [0.5, 0.6) is 0 Å². The first-order valence-corrected chi connectivity index (χ1v) is 11.6. The maximum absolute atomic E-state index is 13.9. The molecule has 2 amide bonds. The van der Waals surface area contributed by atoms with E-state index in [2.05, 4.69) is 15.6 Å². The van der Waals surface area contributed by atoms with Gasteiger partial charge < -0.3 is 10.1 Å². The minimum absolute atomic E-state index is 0.142. The Bertz CT molecular complexity index is 1370. The number of nitrogens with zero attached hydrogens (tertiary/aromatic N) is 4. The second kappa shape index (κ2) is 11.1. The molecule has 1 atom stereocenters. The Morgan fingerprint density at radius 2 is 1.81 bits per heavy atom. The second-order valence-electron chi connectivity index (χ2n) is 8.51. The molecule has 36 heavy (non-hydrogen) atoms. The predicted octanol–water partition coefficient (Wildman–Crippen LogP) is 3.72. The SMILES string of the molecule is COCCNC(=O)C(c1ccc(F)cc1)N(C(=O)Cn1nnc2ccccc21)c1ccc(C)c(C)c1. The fourth-order valence-corrected chi connectivity index (χ4v) is 3.99. The van der Waals surface area contributed by atoms with Crippen molar-refractivity contribution in [2.75, 3.05) is 25.2 Å². The first kappa shape index (κ1) is 25.0. The van der Waals surface area contributed by atoms with Crippen LogP contribution in [0.4, 0.5) is 10.1 Å². The van der Waals surface area contributed by atoms with E-state index in [4.69, 9.17) is 4.74 Å². The average Bonchev–Trinajstić information content (AvgIpc) is 3.27. The Balaban J connectivity index is 1.79. The molecule has 1 unspecified atom stereocenters. The summed E-state index contributed by atoms with van der Waals surface area (Å²) in [6.45, 7) is 4.34. The van der Waals surface area contributed by atoms with Gasteiger partial charge in [0.25, 0.3) is 0 Å². The number of hydrogen-bond donors (Lipinski definition) is 1. The fraction of sp³-hybridized carbons (Fsp3) is 0.259. The third-order valence-corrected chi connectivity index (χ3v) is 6.04. The number of nitrogens with one attached hydrogen (secondary N) is 1. The number of rotatable bonds is 9. The number of methoxy groups -OCH3 is 1. The second-order valence-corrected chi connectivity index (χ2v) is 8.51. The number of aromatic nitrogens is 3. The summed E-state index contributed by atoms with van der Waals surface area (Å²) in [6, 6.07) is 17.4. The number of ether oxygens (including phenoxy) is 1. The Kier molecular flexibility index (Phi) is 7.70. The van der Waals surface area contributed by atoms with Crippen molar-refractivity contribution < 1.29 is 18.7 Å². The molecule has 9 heteroatoms. The van der Waals surface area contributed by atoms with Gasteiger partial charge in [-0.15, -0.1) is 5.10 Å². The topological polar surface area (TPSA) is 89.4 Å². The van der Waals surface area contributed by atoms with E-state index in [0.717, 1.165) is 11.1 Å². The molecule has 186 valence electrons. The zero-order valence-electron chi connectivity index (χ0n) is 20.4. The first-order chi connectivity index (χ1) is 17.4. The van der Waals surface area contributed by atoms with Gasteiger partial charge in [0.2, 0.25) is 11.8 Å². The van der Waals surface area contributed by atoms with Gasteiger partial charge in [-0.05, 0) is 66.9 Å². The predicted molar refractivity (Wildman–Crippen MR) is 135 cm³/mol. The van der Waals surface area contributed by atoms with Crippen molar-refractivity contribution in [1.82, 2.24) is 20.3 Å². The van der Waals surface area contributed by atoms with E-state index in [1.54, 1.807) is 6.07 Å². The van der Waals surface area contributed by atoms with E-state index in [-0.39, 0.29) is 19.0 Å². The molecule has 4 aromatic rings. The lowest BCUT2D eigenvalue weighted by Gasteiger charge is -2.32. The van der Waals surface area contributed by atoms with Crippen LogP contribution in [0.3, 0.4) is 0 Å². The molecule has 0 fully saturated rings. The minimum atomic E-state index is -1.05. The summed E-state index contributed by atoms with van der Waals surface area (Å²) >= 11 is 0. The van der Waals surface area contributed by atoms with Crippen molar-refractivity contribution in [2.45, 2.75) is 26.4 Å². The average molecular weight is 490 g/mol. The number of carbonyl (C=O) groups is 2. The van der Waals surface area contributed by atoms with E-state index in [1.807, 2.05) is 50.2 Å². The highest BCUT2D eigenvalue weighted by molar-refractivity contribution is 6.01. The number of aryl methyl sites for hydroxylation is 2. The summed E-state index contributed by atoms with van der Waals surface area (Å²) in [4.78, 5) is 28.9. The molecular weight excluding hydrogens is 461 g/mol. The third kappa shape index (κ3) is 5.41. The van der Waals surface area contributed by atoms with Gasteiger partial charge in [-0.25, -0.2) is 9.07 Å². The van der Waals surface area contributed by atoms with Crippen LogP contribution in [-0.4, -0.2) is 47.1 Å². The lowest BCUT2D eigenvalue weighted by atomic mass is 10.0. The molecule has 0 aliphatic heterocycles. The molecule has 0 spiro atoms. The summed E-state index contributed by atoms with van der Waals surface area (Å²) in [5.41, 5.74) is 4.40. The van der Waals surface area contributed by atoms with E-state index in [0.29, 0.717) is 28.9 Å². The molecule has 4 rings (SSSR count). The monoisotopic (exact) mass is 489 g/mol. The largest absolute Gasteiger partial charge is 0.383 e. The number of fused-ring (bicyclic) bond motifs is 1. The highest BCUT2D eigenvalue weighted by Crippen LogP contribution is 2.30. The van der Waals surface area contributed by atoms with Gasteiger partial charge in [0.05, 0.1) is 12.1 Å². The zero-order valence-corrected chi connectivity index (χ0v) is 20.4. The molecule has 0 aliphatic rings. The molecule has 0 aliphatic carbocycles. The minimum Gasteiger partial charge on any atom is -0.383 e. The van der Waals surface area contributed by atoms with Gasteiger partial charge in [-0.3, -0.25) is 14.5 Å². The molecule has 3 aromatic carbocycles. The van der Waals surface area contributed by atoms with Crippen LogP contribution in [-0.2, 0) is 20.9 Å². The van der Waals surface area contributed by atoms with E-state index in [1.165, 1.54) is 41.0 Å². The van der Waals surface area contributed by atoms with E-state index >= 15 is 0 Å². The maximum atomic E-state index is 13.9. The number of carbonyl (C=O) groups excluding carboxylic acids is 2. The van der Waals surface area contributed by atoms with Crippen molar-refractivity contribution in [2.24, 2.45) is 0 Å². The number of hydrogen-bond acceptors (Lipinski definition) is 5. The molecule has 0 saturated heterocycles. The lowest BCUT2D eigenvalue weighted by molar-refractivity contribution is -0.127. The van der Waals surface area contributed by atoms with Crippen molar-refractivity contribution in [3.05, 3.63) is 89.2 Å². The Morgan fingerprint density at radius 1 is 1.06 bits per heavy atom. The molecule has 1 aromatic heterocycles. The van der Waals surface area contributed by atoms with Crippen LogP contribution in [0, 0.1) is 19.7 Å². The quantitative estimate of drug-likeness (QED) is 0.362. The molecular formula is C27H28FN5O3. The number of anilines is 1. The fourth-order valence-electron chi connectivity index (χ4n) is 3.99. The van der Waals surface area contributed by atoms with Crippen LogP contribution in [0.15, 0.2) is 66.7 Å². The van der Waals surface area contributed by atoms with Crippen LogP contribution in [0.2, 0.25) is 0 Å². The van der Waals surface area contributed by atoms with Crippen molar-refractivity contribution in [1.29, 1.82) is 0 Å². The van der Waals surface area contributed by atoms with Gasteiger partial charge in [-0.2, -0.15) is 0 Å². The highest BCUT2D eigenvalue weighted by Gasteiger charge is 2.33. The van der Waals surface area contributed by atoms with E-state index in [9.17, 15) is 14.0 Å². The molecule has 0 bridgehead atoms. The Morgan fingerprint density at radius 3 is 2.53 bits per heavy atom. The Hall–Kier alpha value is -4.11. The number of amides is 2. The summed E-state index contributed by atoms with van der Waals surface area (Å²) in [5.74, 6) is -1.21. The first-order valence-electron chi connectivity index (χ1n) is 11.6. The van der Waals surface area contributed by atoms with Gasteiger partial charge in [-0.1, -0.05) is 35.5 Å². The smallest absolute Gasteiger partial charge is 0.249 e. The summed E-state index contributed by atoms with van der Waals surface area (Å²) in [7, 11) is 1.54. The van der Waals surface area contributed by atoms with Crippen LogP contribution in [0.25, 0.3) is 11.0 Å². The van der Waals surface area contributed by atoms with Crippen molar-refractivity contribution >= 4 is 28.5 Å². The standard InChI is InChI=1S/C27H28FN5O3/c1-18-8-13-22(16-19(18)2)33(25(34)17-32-24-7-5-4-6-23(24)30-31-32)26(27(35)29-14-15-36-3)20-9-11-21(28)12-10-20/h4-13,16,26H,14-15,17H2,1-3H3,(H,29,35). The summed E-state index contributed by atoms with van der Waals surface area (Å²) in [6.07, 6.45) is 0. The summed E-state index contributed by atoms with van der Waals surface area (Å²) in [5, 5.41) is 11.1. The van der Waals surface area contributed by atoms with Gasteiger partial charge in [0, 0.05) is 19.3 Å². The number of para-hydroxylation sites is 1. The van der Waals surface area contributed by atoms with Crippen molar-refractivity contribution in [3.8, 4) is 0 Å². The maximum Gasteiger partial charge on any atom is 0.249 e. The van der Waals surface area contributed by atoms with Gasteiger partial charge in [0.15, 0.2) is 0 Å². The molecule has 1 N–H and O–H groups in total. The molecule has 1 heterocycles. The number of halogens is 1. The highest BCUT2D eigenvalue weighted by atomic mass is 19.1. The van der Waals surface area contributed by atoms with Gasteiger partial charge in [0.1, 0.15) is 23.9 Å². The molecule has 0 saturated carbocycles. The van der Waals surface area contributed by atoms with Crippen LogP contribution in [0.1, 0.15) is 22.7 Å². The van der Waals surface area contributed by atoms with Crippen molar-refractivity contribution in [3.63, 3.8) is 0 Å². The molecule has 0 radical (unpaired) electrons. The zero-order chi connectivity index (χ0) is 25.7. The van der Waals surface area contributed by atoms with E-state index < -0.39 is 17.8 Å². The van der Waals surface area contributed by atoms with Crippen LogP contribution < -0.4 is 10.2 Å².